The molecule has 0 saturated carbocycles. The van der Waals surface area contributed by atoms with Crippen molar-refractivity contribution in [1.29, 1.82) is 0 Å². The highest BCUT2D eigenvalue weighted by atomic mass is 16.8. The fourth-order valence-corrected chi connectivity index (χ4v) is 5.37. The Morgan fingerprint density at radius 3 is 1.21 bits per heavy atom. The lowest BCUT2D eigenvalue weighted by molar-refractivity contribution is -0.156. The fourth-order valence-electron chi connectivity index (χ4n) is 5.37. The van der Waals surface area contributed by atoms with Crippen molar-refractivity contribution in [3.63, 3.8) is 0 Å². The maximum absolute atomic E-state index is 13.6. The van der Waals surface area contributed by atoms with E-state index in [0.29, 0.717) is 0 Å². The predicted molar refractivity (Wildman–Crippen MR) is 184 cm³/mol. The predicted octanol–water partition coefficient (Wildman–Crippen LogP) is 6.10. The van der Waals surface area contributed by atoms with Crippen molar-refractivity contribution >= 4 is 29.8 Å². The van der Waals surface area contributed by atoms with Gasteiger partial charge in [-0.25, -0.2) is 24.0 Å². The van der Waals surface area contributed by atoms with Gasteiger partial charge in [0, 0.05) is 0 Å². The van der Waals surface area contributed by atoms with Crippen molar-refractivity contribution in [3.8, 4) is 0 Å². The van der Waals surface area contributed by atoms with Crippen molar-refractivity contribution < 1.29 is 52.4 Å². The van der Waals surface area contributed by atoms with Crippen molar-refractivity contribution in [2.45, 2.75) is 30.7 Å². The highest BCUT2D eigenvalue weighted by molar-refractivity contribution is 5.92. The molecule has 0 N–H and O–H groups in total. The third-order valence-electron chi connectivity index (χ3n) is 7.97. The van der Waals surface area contributed by atoms with Gasteiger partial charge in [0.2, 0.25) is 12.4 Å². The quantitative estimate of drug-likeness (QED) is 0.110. The molecule has 0 amide bonds. The summed E-state index contributed by atoms with van der Waals surface area (Å²) in [5.74, 6) is -4.08. The molecule has 1 aliphatic rings. The number of carbonyl (C=O) groups excluding carboxylic acids is 5. The van der Waals surface area contributed by atoms with Crippen molar-refractivity contribution in [3.05, 3.63) is 179 Å². The zero-order valence-electron chi connectivity index (χ0n) is 27.5. The summed E-state index contributed by atoms with van der Waals surface area (Å²) in [5, 5.41) is 0. The van der Waals surface area contributed by atoms with Crippen LogP contribution in [0.1, 0.15) is 51.8 Å². The van der Waals surface area contributed by atoms with E-state index in [1.54, 1.807) is 103 Å². The molecule has 11 nitrogen and oxygen atoms in total. The lowest BCUT2D eigenvalue weighted by atomic mass is 10.0. The zero-order chi connectivity index (χ0) is 36.3. The van der Waals surface area contributed by atoms with E-state index >= 15 is 0 Å². The highest BCUT2D eigenvalue weighted by Crippen LogP contribution is 2.33. The van der Waals surface area contributed by atoms with Crippen molar-refractivity contribution in [1.82, 2.24) is 0 Å². The minimum Gasteiger partial charge on any atom is -0.458 e. The van der Waals surface area contributed by atoms with Crippen LogP contribution in [0, 0.1) is 0 Å². The molecule has 0 radical (unpaired) electrons. The molecule has 5 atom stereocenters. The summed E-state index contributed by atoms with van der Waals surface area (Å²) in [7, 11) is 0. The molecule has 1 fully saturated rings. The number of rotatable bonds is 12. The average Bonchev–Trinajstić information content (AvgIpc) is 3.52. The third kappa shape index (κ3) is 8.76. The maximum Gasteiger partial charge on any atom is 0.340 e. The van der Waals surface area contributed by atoms with Crippen LogP contribution >= 0.6 is 0 Å². The molecule has 0 bridgehead atoms. The van der Waals surface area contributed by atoms with Crippen LogP contribution in [0.5, 0.6) is 0 Å². The SMILES string of the molecule is O=C(OC[C@H](OC(=O)c1ccccc1)[C@H]1O[C@@H](OC(=O)c2ccccc2)[C@H](OC(=O)c2ccccc2)[C@H]1OC(=O)c1ccccc1)c1ccccc1. The first kappa shape index (κ1) is 35.2. The van der Waals surface area contributed by atoms with E-state index in [1.807, 2.05) is 0 Å². The number of hydrogen-bond donors (Lipinski definition) is 0. The van der Waals surface area contributed by atoms with Gasteiger partial charge in [-0.05, 0) is 60.7 Å². The van der Waals surface area contributed by atoms with Crippen molar-refractivity contribution in [2.75, 3.05) is 6.61 Å². The molecule has 6 rings (SSSR count). The van der Waals surface area contributed by atoms with Gasteiger partial charge in [-0.2, -0.15) is 0 Å². The molecule has 1 heterocycles. The minimum absolute atomic E-state index is 0.146. The molecular formula is C41H32O11. The molecular weight excluding hydrogens is 668 g/mol. The molecule has 0 aliphatic carbocycles. The molecule has 0 spiro atoms. The zero-order valence-corrected chi connectivity index (χ0v) is 27.5. The maximum atomic E-state index is 13.6. The third-order valence-corrected chi connectivity index (χ3v) is 7.97. The van der Waals surface area contributed by atoms with Gasteiger partial charge in [0.1, 0.15) is 12.7 Å². The number of benzene rings is 5. The normalized spacial score (nSPS) is 18.3. The molecule has 5 aromatic rings. The van der Waals surface area contributed by atoms with Gasteiger partial charge in [0.15, 0.2) is 12.2 Å². The second-order valence-corrected chi connectivity index (χ2v) is 11.5. The molecule has 1 saturated heterocycles. The van der Waals surface area contributed by atoms with Crippen LogP contribution in [0.25, 0.3) is 0 Å². The van der Waals surface area contributed by atoms with Gasteiger partial charge < -0.3 is 28.4 Å². The molecule has 52 heavy (non-hydrogen) atoms. The van der Waals surface area contributed by atoms with Gasteiger partial charge in [0.25, 0.3) is 0 Å². The number of ether oxygens (including phenoxy) is 6. The Morgan fingerprint density at radius 1 is 0.442 bits per heavy atom. The van der Waals surface area contributed by atoms with E-state index in [0.717, 1.165) is 0 Å². The van der Waals surface area contributed by atoms with Gasteiger partial charge in [-0.15, -0.1) is 0 Å². The van der Waals surface area contributed by atoms with Crippen LogP contribution in [0.3, 0.4) is 0 Å². The van der Waals surface area contributed by atoms with Gasteiger partial charge in [-0.3, -0.25) is 0 Å². The van der Waals surface area contributed by atoms with Crippen LogP contribution in [-0.2, 0) is 28.4 Å². The second-order valence-electron chi connectivity index (χ2n) is 11.5. The lowest BCUT2D eigenvalue weighted by Gasteiger charge is -2.28. The van der Waals surface area contributed by atoms with E-state index in [9.17, 15) is 24.0 Å². The van der Waals surface area contributed by atoms with Gasteiger partial charge in [0.05, 0.1) is 27.8 Å². The monoisotopic (exact) mass is 700 g/mol. The highest BCUT2D eigenvalue weighted by Gasteiger charge is 2.56. The Balaban J connectivity index is 1.38. The summed E-state index contributed by atoms with van der Waals surface area (Å²) in [6.07, 6.45) is -7.79. The molecule has 5 aromatic carbocycles. The summed E-state index contributed by atoms with van der Waals surface area (Å²) in [6, 6.07) is 40.1. The summed E-state index contributed by atoms with van der Waals surface area (Å²) in [6.45, 7) is -0.588. The first-order chi connectivity index (χ1) is 25.4. The molecule has 262 valence electrons. The van der Waals surface area contributed by atoms with Crippen LogP contribution in [-0.4, -0.2) is 67.2 Å². The van der Waals surface area contributed by atoms with Crippen molar-refractivity contribution in [2.24, 2.45) is 0 Å². The summed E-state index contributed by atoms with van der Waals surface area (Å²) >= 11 is 0. The molecule has 0 aromatic heterocycles. The number of esters is 5. The minimum atomic E-state index is -1.68. The number of carbonyl (C=O) groups is 5. The molecule has 11 heteroatoms. The van der Waals surface area contributed by atoms with E-state index in [4.69, 9.17) is 28.4 Å². The molecule has 0 unspecified atom stereocenters. The number of hydrogen-bond acceptors (Lipinski definition) is 11. The van der Waals surface area contributed by atoms with Crippen LogP contribution in [0.2, 0.25) is 0 Å². The summed E-state index contributed by atoms with van der Waals surface area (Å²) < 4.78 is 35.3. The van der Waals surface area contributed by atoms with Crippen LogP contribution < -0.4 is 0 Å². The lowest BCUT2D eigenvalue weighted by Crippen LogP contribution is -2.47. The van der Waals surface area contributed by atoms with E-state index in [-0.39, 0.29) is 27.8 Å². The van der Waals surface area contributed by atoms with Crippen LogP contribution in [0.4, 0.5) is 0 Å². The Morgan fingerprint density at radius 2 is 0.788 bits per heavy atom. The van der Waals surface area contributed by atoms with Gasteiger partial charge >= 0.3 is 29.8 Å². The largest absolute Gasteiger partial charge is 0.458 e. The van der Waals surface area contributed by atoms with Gasteiger partial charge in [-0.1, -0.05) is 91.0 Å². The summed E-state index contributed by atoms with van der Waals surface area (Å²) in [5.41, 5.74) is 0.837. The van der Waals surface area contributed by atoms with E-state index in [2.05, 4.69) is 0 Å². The first-order valence-electron chi connectivity index (χ1n) is 16.3. The Bertz CT molecular complexity index is 1970. The smallest absolute Gasteiger partial charge is 0.340 e. The standard InChI is InChI=1S/C41H32O11/c42-36(27-16-6-1-7-17-27)47-26-32(48-37(43)28-18-8-2-9-19-28)33-34(49-38(44)29-20-10-3-11-21-29)35(50-39(45)30-22-12-4-13-23-30)41(51-33)52-40(46)31-24-14-5-15-25-31/h1-25,32-35,41H,26H2/t32-,33+,34-,35+,41-/m0/s1. The van der Waals surface area contributed by atoms with Crippen LogP contribution in [0.15, 0.2) is 152 Å². The van der Waals surface area contributed by atoms with E-state index < -0.39 is 67.2 Å². The Kier molecular flexibility index (Phi) is 11.4. The second kappa shape index (κ2) is 16.9. The summed E-state index contributed by atoms with van der Waals surface area (Å²) in [4.78, 5) is 67.0. The molecule has 1 aliphatic heterocycles. The average molecular weight is 701 g/mol. The topological polar surface area (TPSA) is 141 Å². The Hall–Kier alpha value is -6.59. The Labute approximate surface area is 298 Å². The first-order valence-corrected chi connectivity index (χ1v) is 16.3. The van der Waals surface area contributed by atoms with E-state index in [1.165, 1.54) is 48.5 Å². The fraction of sp³-hybridized carbons (Fsp3) is 0.146.